The van der Waals surface area contributed by atoms with Crippen LogP contribution in [-0.2, 0) is 6.18 Å². The Hall–Kier alpha value is -10.4. The highest BCUT2D eigenvalue weighted by Crippen LogP contribution is 2.50. The molecule has 0 aliphatic heterocycles. The van der Waals surface area contributed by atoms with E-state index in [2.05, 4.69) is 17.0 Å². The van der Waals surface area contributed by atoms with E-state index >= 15 is 13.2 Å². The standard InChI is InChI=1S/C66H38F3N7/c1-71-54-29-13-10-24-47(54)44-35-37-58-52(39-44)49-26-12-15-31-56(49)76(58)60-33-17-28-53(66(67,68)69)62(60)61-50(65-73-63(41-18-4-2-5-19-41)72-64(74-65)42-20-6-3-7-21-42)27-16-32-59(61)75-55-30-14-11-25-48(55)51-38-43(34-36-57(51)75)46-23-9-8-22-45(46)40-70/h2-39H. The monoisotopic (exact) mass is 985 g/mol. The average molecular weight is 986 g/mol. The van der Waals surface area contributed by atoms with E-state index in [-0.39, 0.29) is 22.6 Å². The molecule has 3 aromatic heterocycles. The molecule has 7 nitrogen and oxygen atoms in total. The summed E-state index contributed by atoms with van der Waals surface area (Å²) in [7, 11) is 0. The summed E-state index contributed by atoms with van der Waals surface area (Å²) in [6.45, 7) is 7.93. The lowest BCUT2D eigenvalue weighted by Crippen LogP contribution is -2.12. The number of hydrogen-bond acceptors (Lipinski definition) is 4. The minimum atomic E-state index is -4.86. The topological polar surface area (TPSA) is 76.7 Å². The summed E-state index contributed by atoms with van der Waals surface area (Å²) in [4.78, 5) is 19.1. The summed E-state index contributed by atoms with van der Waals surface area (Å²) in [6, 6.07) is 73.5. The molecule has 0 bridgehead atoms. The smallest absolute Gasteiger partial charge is 0.309 e. The fraction of sp³-hybridized carbons (Fsp3) is 0.0152. The summed E-state index contributed by atoms with van der Waals surface area (Å²) < 4.78 is 53.6. The van der Waals surface area contributed by atoms with Crippen LogP contribution in [0, 0.1) is 17.9 Å². The van der Waals surface area contributed by atoms with E-state index in [1.165, 1.54) is 6.07 Å². The second kappa shape index (κ2) is 18.3. The molecule has 0 aliphatic carbocycles. The van der Waals surface area contributed by atoms with Crippen LogP contribution in [0.4, 0.5) is 18.9 Å². The van der Waals surface area contributed by atoms with Gasteiger partial charge in [0.05, 0.1) is 57.2 Å². The predicted octanol–water partition coefficient (Wildman–Crippen LogP) is 17.5. The summed E-state index contributed by atoms with van der Waals surface area (Å²) in [5.41, 5.74) is 8.80. The van der Waals surface area contributed by atoms with Crippen molar-refractivity contribution in [3.05, 3.63) is 253 Å². The number of aromatic nitrogens is 5. The van der Waals surface area contributed by atoms with E-state index in [0.717, 1.165) is 60.9 Å². The first-order valence-corrected chi connectivity index (χ1v) is 24.5. The van der Waals surface area contributed by atoms with Gasteiger partial charge in [-0.25, -0.2) is 19.8 Å². The third-order valence-corrected chi connectivity index (χ3v) is 14.1. The summed E-state index contributed by atoms with van der Waals surface area (Å²) >= 11 is 0. The van der Waals surface area contributed by atoms with Crippen LogP contribution in [0.15, 0.2) is 231 Å². The number of alkyl halides is 3. The molecule has 0 atom stereocenters. The molecule has 358 valence electrons. The first-order chi connectivity index (χ1) is 37.3. The predicted molar refractivity (Wildman–Crippen MR) is 297 cm³/mol. The van der Waals surface area contributed by atoms with Crippen LogP contribution in [0.2, 0.25) is 0 Å². The van der Waals surface area contributed by atoms with Crippen LogP contribution in [0.3, 0.4) is 0 Å². The van der Waals surface area contributed by atoms with Gasteiger partial charge < -0.3 is 9.13 Å². The number of fused-ring (bicyclic) bond motifs is 6. The van der Waals surface area contributed by atoms with Crippen LogP contribution >= 0.6 is 0 Å². The zero-order valence-electron chi connectivity index (χ0n) is 40.2. The van der Waals surface area contributed by atoms with Crippen molar-refractivity contribution in [2.24, 2.45) is 0 Å². The minimum absolute atomic E-state index is 0.0842. The maximum Gasteiger partial charge on any atom is 0.417 e. The normalized spacial score (nSPS) is 11.6. The second-order valence-corrected chi connectivity index (χ2v) is 18.4. The highest BCUT2D eigenvalue weighted by molar-refractivity contribution is 6.13. The van der Waals surface area contributed by atoms with Gasteiger partial charge in [-0.15, -0.1) is 0 Å². The van der Waals surface area contributed by atoms with Crippen molar-refractivity contribution in [3.8, 4) is 85.0 Å². The van der Waals surface area contributed by atoms with Crippen LogP contribution in [-0.4, -0.2) is 24.1 Å². The van der Waals surface area contributed by atoms with Gasteiger partial charge in [0.25, 0.3) is 0 Å². The molecule has 13 aromatic rings. The lowest BCUT2D eigenvalue weighted by molar-refractivity contribution is -0.137. The van der Waals surface area contributed by atoms with Gasteiger partial charge in [0.2, 0.25) is 0 Å². The first-order valence-electron chi connectivity index (χ1n) is 24.5. The SMILES string of the molecule is [C-]#[N+]c1ccccc1-c1ccc2c(c1)c1ccccc1n2-c1cccc(C(F)(F)F)c1-c1c(-c2nc(-c3ccccc3)nc(-c3ccccc3)n2)cccc1-n1c2ccccc2c2cc(-c3ccccc3C#N)ccc21. The molecule has 0 fully saturated rings. The molecule has 10 heteroatoms. The summed E-state index contributed by atoms with van der Waals surface area (Å²) in [6.07, 6.45) is -4.86. The maximum atomic E-state index is 16.5. The van der Waals surface area contributed by atoms with E-state index in [9.17, 15) is 5.26 Å². The molecule has 0 radical (unpaired) electrons. The average Bonchev–Trinajstić information content (AvgIpc) is 4.07. The Morgan fingerprint density at radius 1 is 0.408 bits per heavy atom. The van der Waals surface area contributed by atoms with E-state index < -0.39 is 11.7 Å². The van der Waals surface area contributed by atoms with Crippen molar-refractivity contribution in [1.82, 2.24) is 24.1 Å². The quantitative estimate of drug-likeness (QED) is 0.142. The minimum Gasteiger partial charge on any atom is -0.309 e. The Balaban J connectivity index is 1.17. The van der Waals surface area contributed by atoms with Crippen molar-refractivity contribution in [2.75, 3.05) is 0 Å². The second-order valence-electron chi connectivity index (χ2n) is 18.4. The number of para-hydroxylation sites is 3. The van der Waals surface area contributed by atoms with Gasteiger partial charge >= 0.3 is 6.18 Å². The van der Waals surface area contributed by atoms with Gasteiger partial charge in [-0.2, -0.15) is 18.4 Å². The molecule has 0 saturated carbocycles. The number of benzene rings is 10. The fourth-order valence-corrected chi connectivity index (χ4v) is 10.8. The third-order valence-electron chi connectivity index (χ3n) is 14.1. The Kier molecular flexibility index (Phi) is 10.9. The molecule has 0 amide bonds. The molecule has 0 spiro atoms. The van der Waals surface area contributed by atoms with Crippen molar-refractivity contribution < 1.29 is 13.2 Å². The van der Waals surface area contributed by atoms with Crippen LogP contribution in [0.5, 0.6) is 0 Å². The maximum absolute atomic E-state index is 16.5. The first kappa shape index (κ1) is 45.4. The lowest BCUT2D eigenvalue weighted by atomic mass is 9.90. The van der Waals surface area contributed by atoms with E-state index in [4.69, 9.17) is 21.5 Å². The number of halogens is 3. The number of nitrogens with zero attached hydrogens (tertiary/aromatic N) is 7. The van der Waals surface area contributed by atoms with Crippen molar-refractivity contribution in [2.45, 2.75) is 6.18 Å². The zero-order valence-corrected chi connectivity index (χ0v) is 40.2. The Morgan fingerprint density at radius 3 is 1.45 bits per heavy atom. The molecule has 0 unspecified atom stereocenters. The van der Waals surface area contributed by atoms with E-state index in [1.54, 1.807) is 24.3 Å². The zero-order chi connectivity index (χ0) is 51.5. The van der Waals surface area contributed by atoms with Gasteiger partial charge in [0.1, 0.15) is 0 Å². The van der Waals surface area contributed by atoms with Crippen LogP contribution in [0.25, 0.3) is 127 Å². The van der Waals surface area contributed by atoms with Crippen molar-refractivity contribution in [1.29, 1.82) is 5.26 Å². The number of nitriles is 1. The van der Waals surface area contributed by atoms with Gasteiger partial charge in [-0.1, -0.05) is 170 Å². The van der Waals surface area contributed by atoms with Crippen LogP contribution in [0.1, 0.15) is 11.1 Å². The van der Waals surface area contributed by atoms with Crippen molar-refractivity contribution >= 4 is 49.3 Å². The third kappa shape index (κ3) is 7.55. The summed E-state index contributed by atoms with van der Waals surface area (Å²) in [5.74, 6) is 0.879. The van der Waals surface area contributed by atoms with Gasteiger partial charge in [0, 0.05) is 49.4 Å². The van der Waals surface area contributed by atoms with Crippen molar-refractivity contribution in [3.63, 3.8) is 0 Å². The molecular weight excluding hydrogens is 948 g/mol. The largest absolute Gasteiger partial charge is 0.417 e. The Morgan fingerprint density at radius 2 is 0.868 bits per heavy atom. The molecule has 76 heavy (non-hydrogen) atoms. The van der Waals surface area contributed by atoms with E-state index in [0.29, 0.717) is 56.3 Å². The van der Waals surface area contributed by atoms with Gasteiger partial charge in [0.15, 0.2) is 23.2 Å². The highest BCUT2D eigenvalue weighted by Gasteiger charge is 2.38. The van der Waals surface area contributed by atoms with E-state index in [1.807, 2.05) is 197 Å². The Bertz CT molecular complexity index is 4480. The number of hydrogen-bond donors (Lipinski definition) is 0. The molecule has 0 aliphatic rings. The Labute approximate surface area is 434 Å². The van der Waals surface area contributed by atoms with Gasteiger partial charge in [-0.05, 0) is 82.9 Å². The molecule has 0 N–H and O–H groups in total. The molecule has 10 aromatic carbocycles. The molecule has 0 saturated heterocycles. The molecular formula is C66H38F3N7. The molecule has 3 heterocycles. The summed E-state index contributed by atoms with van der Waals surface area (Å²) in [5, 5.41) is 13.5. The lowest BCUT2D eigenvalue weighted by Gasteiger charge is -2.24. The van der Waals surface area contributed by atoms with Crippen LogP contribution < -0.4 is 0 Å². The fourth-order valence-electron chi connectivity index (χ4n) is 10.8. The number of rotatable bonds is 8. The highest BCUT2D eigenvalue weighted by atomic mass is 19.4. The molecule has 13 rings (SSSR count). The van der Waals surface area contributed by atoms with Gasteiger partial charge in [-0.3, -0.25) is 0 Å².